The zero-order chi connectivity index (χ0) is 12.8. The van der Waals surface area contributed by atoms with E-state index in [1.165, 1.54) is 25.7 Å². The van der Waals surface area contributed by atoms with E-state index in [9.17, 15) is 0 Å². The fraction of sp³-hybridized carbons (Fsp3) is 0.692. The summed E-state index contributed by atoms with van der Waals surface area (Å²) in [5.74, 6) is 1.35. The van der Waals surface area contributed by atoms with E-state index in [0.717, 1.165) is 19.1 Å². The summed E-state index contributed by atoms with van der Waals surface area (Å²) in [5.41, 5.74) is 0. The quantitative estimate of drug-likeness (QED) is 0.834. The SMILES string of the molecule is COc1cnc(NCCN(C)C2CCCC2)nc1. The van der Waals surface area contributed by atoms with Gasteiger partial charge < -0.3 is 15.0 Å². The number of nitrogens with zero attached hydrogens (tertiary/aromatic N) is 3. The van der Waals surface area contributed by atoms with Gasteiger partial charge in [0.1, 0.15) is 0 Å². The summed E-state index contributed by atoms with van der Waals surface area (Å²) < 4.78 is 5.02. The van der Waals surface area contributed by atoms with Gasteiger partial charge >= 0.3 is 0 Å². The van der Waals surface area contributed by atoms with Gasteiger partial charge in [-0.25, -0.2) is 9.97 Å². The highest BCUT2D eigenvalue weighted by Crippen LogP contribution is 2.21. The first-order valence-corrected chi connectivity index (χ1v) is 6.60. The third-order valence-electron chi connectivity index (χ3n) is 3.56. The normalized spacial score (nSPS) is 16.2. The molecule has 0 spiro atoms. The molecule has 0 atom stereocenters. The Morgan fingerprint density at radius 2 is 2.00 bits per heavy atom. The fourth-order valence-electron chi connectivity index (χ4n) is 2.38. The van der Waals surface area contributed by atoms with E-state index in [1.807, 2.05) is 0 Å². The number of ether oxygens (including phenoxy) is 1. The Labute approximate surface area is 109 Å². The van der Waals surface area contributed by atoms with Crippen molar-refractivity contribution in [2.45, 2.75) is 31.7 Å². The Bertz CT molecular complexity index is 349. The maximum Gasteiger partial charge on any atom is 0.222 e. The van der Waals surface area contributed by atoms with Crippen LogP contribution in [0.1, 0.15) is 25.7 Å². The third kappa shape index (κ3) is 3.57. The van der Waals surface area contributed by atoms with E-state index in [-0.39, 0.29) is 0 Å². The minimum absolute atomic E-state index is 0.663. The van der Waals surface area contributed by atoms with Crippen molar-refractivity contribution >= 4 is 5.95 Å². The Kier molecular flexibility index (Phi) is 4.75. The highest BCUT2D eigenvalue weighted by molar-refractivity contribution is 5.26. The van der Waals surface area contributed by atoms with E-state index >= 15 is 0 Å². The lowest BCUT2D eigenvalue weighted by molar-refractivity contribution is 0.254. The molecule has 1 aromatic heterocycles. The first kappa shape index (κ1) is 13.1. The molecule has 0 bridgehead atoms. The second-order valence-corrected chi connectivity index (χ2v) is 4.79. The molecule has 0 aliphatic heterocycles. The lowest BCUT2D eigenvalue weighted by atomic mass is 10.2. The Hall–Kier alpha value is -1.36. The van der Waals surface area contributed by atoms with Gasteiger partial charge in [0.25, 0.3) is 0 Å². The van der Waals surface area contributed by atoms with Gasteiger partial charge in [0, 0.05) is 19.1 Å². The molecule has 1 aromatic rings. The standard InChI is InChI=1S/C13H22N4O/c1-17(11-5-3-4-6-11)8-7-14-13-15-9-12(18-2)10-16-13/h9-11H,3-8H2,1-2H3,(H,14,15,16). The second kappa shape index (κ2) is 6.54. The summed E-state index contributed by atoms with van der Waals surface area (Å²) in [6.45, 7) is 1.90. The third-order valence-corrected chi connectivity index (χ3v) is 3.56. The molecule has 1 fully saturated rings. The number of aromatic nitrogens is 2. The van der Waals surface area contributed by atoms with E-state index in [4.69, 9.17) is 4.74 Å². The van der Waals surface area contributed by atoms with Crippen LogP contribution < -0.4 is 10.1 Å². The lowest BCUT2D eigenvalue weighted by Crippen LogP contribution is -2.33. The zero-order valence-electron chi connectivity index (χ0n) is 11.2. The maximum atomic E-state index is 5.02. The topological polar surface area (TPSA) is 50.3 Å². The summed E-state index contributed by atoms with van der Waals surface area (Å²) in [7, 11) is 3.81. The van der Waals surface area contributed by atoms with Crippen molar-refractivity contribution in [2.24, 2.45) is 0 Å². The summed E-state index contributed by atoms with van der Waals surface area (Å²) in [4.78, 5) is 10.8. The van der Waals surface area contributed by atoms with Crippen molar-refractivity contribution in [2.75, 3.05) is 32.6 Å². The van der Waals surface area contributed by atoms with Crippen LogP contribution in [0.25, 0.3) is 0 Å². The van der Waals surface area contributed by atoms with E-state index in [0.29, 0.717) is 11.7 Å². The largest absolute Gasteiger partial charge is 0.494 e. The number of likely N-dealkylation sites (N-methyl/N-ethyl adjacent to an activating group) is 1. The highest BCUT2D eigenvalue weighted by Gasteiger charge is 2.18. The van der Waals surface area contributed by atoms with E-state index < -0.39 is 0 Å². The monoisotopic (exact) mass is 250 g/mol. The van der Waals surface area contributed by atoms with Crippen LogP contribution in [0.5, 0.6) is 5.75 Å². The average molecular weight is 250 g/mol. The molecule has 0 aromatic carbocycles. The number of hydrogen-bond donors (Lipinski definition) is 1. The van der Waals surface area contributed by atoms with Crippen LogP contribution >= 0.6 is 0 Å². The van der Waals surface area contributed by atoms with Gasteiger partial charge in [-0.2, -0.15) is 0 Å². The summed E-state index contributed by atoms with van der Waals surface area (Å²) in [5, 5.41) is 3.23. The van der Waals surface area contributed by atoms with Crippen molar-refractivity contribution in [3.63, 3.8) is 0 Å². The van der Waals surface area contributed by atoms with Gasteiger partial charge in [-0.3, -0.25) is 0 Å². The van der Waals surface area contributed by atoms with Gasteiger partial charge in [0.05, 0.1) is 19.5 Å². The van der Waals surface area contributed by atoms with E-state index in [2.05, 4.69) is 27.2 Å². The molecule has 100 valence electrons. The molecule has 1 saturated carbocycles. The first-order chi connectivity index (χ1) is 8.79. The predicted molar refractivity (Wildman–Crippen MR) is 72.0 cm³/mol. The number of anilines is 1. The van der Waals surface area contributed by atoms with E-state index in [1.54, 1.807) is 19.5 Å². The van der Waals surface area contributed by atoms with Gasteiger partial charge in [-0.05, 0) is 19.9 Å². The second-order valence-electron chi connectivity index (χ2n) is 4.79. The smallest absolute Gasteiger partial charge is 0.222 e. The molecular weight excluding hydrogens is 228 g/mol. The van der Waals surface area contributed by atoms with Crippen LogP contribution in [-0.2, 0) is 0 Å². The van der Waals surface area contributed by atoms with Crippen molar-refractivity contribution in [1.82, 2.24) is 14.9 Å². The molecule has 1 aliphatic rings. The summed E-state index contributed by atoms with van der Waals surface area (Å²) in [6, 6.07) is 0.767. The van der Waals surface area contributed by atoms with Gasteiger partial charge in [0.2, 0.25) is 5.95 Å². The van der Waals surface area contributed by atoms with Crippen molar-refractivity contribution in [3.8, 4) is 5.75 Å². The van der Waals surface area contributed by atoms with Crippen LogP contribution in [0.3, 0.4) is 0 Å². The van der Waals surface area contributed by atoms with Crippen molar-refractivity contribution in [3.05, 3.63) is 12.4 Å². The van der Waals surface area contributed by atoms with Gasteiger partial charge in [-0.15, -0.1) is 0 Å². The number of rotatable bonds is 6. The minimum atomic E-state index is 0.663. The molecule has 0 saturated heterocycles. The van der Waals surface area contributed by atoms with Gasteiger partial charge in [-0.1, -0.05) is 12.8 Å². The molecule has 1 N–H and O–H groups in total. The molecule has 0 unspecified atom stereocenters. The molecule has 0 amide bonds. The number of hydrogen-bond acceptors (Lipinski definition) is 5. The highest BCUT2D eigenvalue weighted by atomic mass is 16.5. The van der Waals surface area contributed by atoms with Crippen LogP contribution in [-0.4, -0.2) is 48.2 Å². The zero-order valence-corrected chi connectivity index (χ0v) is 11.2. The molecule has 1 heterocycles. The summed E-state index contributed by atoms with van der Waals surface area (Å²) in [6.07, 6.45) is 8.80. The van der Waals surface area contributed by atoms with Crippen molar-refractivity contribution < 1.29 is 4.74 Å². The Morgan fingerprint density at radius 1 is 1.33 bits per heavy atom. The van der Waals surface area contributed by atoms with Crippen LogP contribution in [0, 0.1) is 0 Å². The first-order valence-electron chi connectivity index (χ1n) is 6.60. The molecule has 5 nitrogen and oxygen atoms in total. The number of nitrogens with one attached hydrogen (secondary N) is 1. The molecule has 2 rings (SSSR count). The Balaban J connectivity index is 1.70. The molecule has 0 radical (unpaired) electrons. The minimum Gasteiger partial charge on any atom is -0.494 e. The molecule has 1 aliphatic carbocycles. The Morgan fingerprint density at radius 3 is 2.61 bits per heavy atom. The molecule has 18 heavy (non-hydrogen) atoms. The fourth-order valence-corrected chi connectivity index (χ4v) is 2.38. The average Bonchev–Trinajstić information content (AvgIpc) is 2.93. The number of methoxy groups -OCH3 is 1. The van der Waals surface area contributed by atoms with Crippen LogP contribution in [0.15, 0.2) is 12.4 Å². The van der Waals surface area contributed by atoms with Crippen molar-refractivity contribution in [1.29, 1.82) is 0 Å². The van der Waals surface area contributed by atoms with Crippen LogP contribution in [0.4, 0.5) is 5.95 Å². The van der Waals surface area contributed by atoms with Gasteiger partial charge in [0.15, 0.2) is 5.75 Å². The summed E-state index contributed by atoms with van der Waals surface area (Å²) >= 11 is 0. The lowest BCUT2D eigenvalue weighted by Gasteiger charge is -2.23. The molecule has 5 heteroatoms. The maximum absolute atomic E-state index is 5.02. The molecular formula is C13H22N4O. The van der Waals surface area contributed by atoms with Crippen LogP contribution in [0.2, 0.25) is 0 Å². The predicted octanol–water partition coefficient (Wildman–Crippen LogP) is 1.77.